The number of hydrogen-bond donors (Lipinski definition) is 1. The molecule has 0 aromatic heterocycles. The highest BCUT2D eigenvalue weighted by Gasteiger charge is 2.60. The summed E-state index contributed by atoms with van der Waals surface area (Å²) in [6, 6.07) is 0. The maximum atomic E-state index is 12.1. The van der Waals surface area contributed by atoms with Gasteiger partial charge in [0.15, 0.2) is 6.61 Å². The van der Waals surface area contributed by atoms with E-state index in [0.717, 1.165) is 0 Å². The molecule has 0 heterocycles. The molecule has 1 fully saturated rings. The Morgan fingerprint density at radius 3 is 2.25 bits per heavy atom. The van der Waals surface area contributed by atoms with Gasteiger partial charge in [0.2, 0.25) is 5.91 Å². The SMILES string of the molecule is CC(C)(C)OC(=O)COC(=O)CNC(=O)[C@@H]1[C@H](C=C(Cl)Cl)C1(C)C. The van der Waals surface area contributed by atoms with Gasteiger partial charge in [-0.25, -0.2) is 4.79 Å². The summed E-state index contributed by atoms with van der Waals surface area (Å²) in [6.45, 7) is 8.15. The van der Waals surface area contributed by atoms with Crippen LogP contribution in [0.1, 0.15) is 34.6 Å². The van der Waals surface area contributed by atoms with Gasteiger partial charge in [0.25, 0.3) is 0 Å². The molecular weight excluding hydrogens is 357 g/mol. The molecule has 1 amide bonds. The lowest BCUT2D eigenvalue weighted by Gasteiger charge is -2.19. The lowest BCUT2D eigenvalue weighted by molar-refractivity contribution is -0.166. The number of nitrogens with one attached hydrogen (secondary N) is 1. The number of hydrogen-bond acceptors (Lipinski definition) is 5. The molecule has 1 aliphatic rings. The van der Waals surface area contributed by atoms with E-state index in [0.29, 0.717) is 0 Å². The molecule has 8 heteroatoms. The quantitative estimate of drug-likeness (QED) is 0.717. The third kappa shape index (κ3) is 6.32. The Bertz CT molecular complexity index is 547. The van der Waals surface area contributed by atoms with Crippen LogP contribution in [-0.2, 0) is 23.9 Å². The average Bonchev–Trinajstić information content (AvgIpc) is 2.92. The molecule has 6 nitrogen and oxygen atoms in total. The first-order valence-corrected chi connectivity index (χ1v) is 8.28. The van der Waals surface area contributed by atoms with E-state index in [1.165, 1.54) is 0 Å². The van der Waals surface area contributed by atoms with Crippen molar-refractivity contribution in [2.75, 3.05) is 13.2 Å². The van der Waals surface area contributed by atoms with E-state index in [4.69, 9.17) is 32.7 Å². The van der Waals surface area contributed by atoms with Crippen molar-refractivity contribution in [3.8, 4) is 0 Å². The minimum atomic E-state index is -0.713. The third-order valence-electron chi connectivity index (χ3n) is 3.68. The summed E-state index contributed by atoms with van der Waals surface area (Å²) in [5.74, 6) is -2.04. The predicted molar refractivity (Wildman–Crippen MR) is 90.4 cm³/mol. The second-order valence-electron chi connectivity index (χ2n) is 7.25. The Hall–Kier alpha value is -1.27. The van der Waals surface area contributed by atoms with Crippen LogP contribution in [0.3, 0.4) is 0 Å². The molecule has 1 aliphatic carbocycles. The largest absolute Gasteiger partial charge is 0.457 e. The van der Waals surface area contributed by atoms with Gasteiger partial charge in [-0.1, -0.05) is 37.0 Å². The molecule has 0 bridgehead atoms. The van der Waals surface area contributed by atoms with Crippen molar-refractivity contribution in [2.24, 2.45) is 17.3 Å². The minimum absolute atomic E-state index is 0.0831. The summed E-state index contributed by atoms with van der Waals surface area (Å²) in [4.78, 5) is 35.1. The van der Waals surface area contributed by atoms with Gasteiger partial charge in [-0.3, -0.25) is 9.59 Å². The Balaban J connectivity index is 2.36. The molecule has 24 heavy (non-hydrogen) atoms. The number of carbonyl (C=O) groups is 3. The first-order valence-electron chi connectivity index (χ1n) is 7.52. The van der Waals surface area contributed by atoms with E-state index >= 15 is 0 Å². The molecule has 0 unspecified atom stereocenters. The summed E-state index contributed by atoms with van der Waals surface area (Å²) in [5, 5.41) is 2.49. The zero-order valence-corrected chi connectivity index (χ0v) is 16.0. The van der Waals surface area contributed by atoms with Crippen molar-refractivity contribution in [3.63, 3.8) is 0 Å². The van der Waals surface area contributed by atoms with Gasteiger partial charge in [0, 0.05) is 0 Å². The summed E-state index contributed by atoms with van der Waals surface area (Å²) >= 11 is 11.3. The minimum Gasteiger partial charge on any atom is -0.457 e. The number of amides is 1. The van der Waals surface area contributed by atoms with Crippen LogP contribution in [0.15, 0.2) is 10.6 Å². The molecular formula is C16H23Cl2NO5. The molecule has 0 saturated heterocycles. The number of allylic oxidation sites excluding steroid dienone is 1. The highest BCUT2D eigenvalue weighted by Crippen LogP contribution is 2.59. The second-order valence-corrected chi connectivity index (χ2v) is 8.25. The Kier molecular flexibility index (Phi) is 6.70. The monoisotopic (exact) mass is 379 g/mol. The topological polar surface area (TPSA) is 81.7 Å². The Morgan fingerprint density at radius 1 is 1.17 bits per heavy atom. The highest BCUT2D eigenvalue weighted by molar-refractivity contribution is 6.55. The molecule has 0 aromatic carbocycles. The normalized spacial score (nSPS) is 21.5. The van der Waals surface area contributed by atoms with Gasteiger partial charge in [-0.05, 0) is 38.2 Å². The molecule has 0 aromatic rings. The van der Waals surface area contributed by atoms with Crippen LogP contribution in [0.25, 0.3) is 0 Å². The van der Waals surface area contributed by atoms with Crippen LogP contribution in [0, 0.1) is 17.3 Å². The number of rotatable bonds is 6. The maximum absolute atomic E-state index is 12.1. The first kappa shape index (κ1) is 20.8. The molecule has 1 rings (SSSR count). The van der Waals surface area contributed by atoms with E-state index in [2.05, 4.69) is 5.32 Å². The van der Waals surface area contributed by atoms with Gasteiger partial charge < -0.3 is 14.8 Å². The van der Waals surface area contributed by atoms with Crippen LogP contribution < -0.4 is 5.32 Å². The summed E-state index contributed by atoms with van der Waals surface area (Å²) in [5.41, 5.74) is -0.930. The number of ether oxygens (including phenoxy) is 2. The summed E-state index contributed by atoms with van der Waals surface area (Å²) in [7, 11) is 0. The standard InChI is InChI=1S/C16H23Cl2NO5/c1-15(2,3)24-12(21)8-23-11(20)7-19-14(22)13-9(6-10(17)18)16(13,4)5/h6,9,13H,7-8H2,1-5H3,(H,19,22)/t9-,13-/m0/s1. The van der Waals surface area contributed by atoms with Crippen LogP contribution >= 0.6 is 23.2 Å². The fourth-order valence-corrected chi connectivity index (χ4v) is 2.73. The maximum Gasteiger partial charge on any atom is 0.344 e. The van der Waals surface area contributed by atoms with E-state index in [1.54, 1.807) is 26.8 Å². The van der Waals surface area contributed by atoms with Crippen LogP contribution in [-0.4, -0.2) is 36.6 Å². The van der Waals surface area contributed by atoms with E-state index in [-0.39, 0.29) is 34.2 Å². The van der Waals surface area contributed by atoms with Crippen LogP contribution in [0.5, 0.6) is 0 Å². The molecule has 1 N–H and O–H groups in total. The fourth-order valence-electron chi connectivity index (χ4n) is 2.46. The molecule has 136 valence electrons. The van der Waals surface area contributed by atoms with Crippen molar-refractivity contribution in [3.05, 3.63) is 10.6 Å². The Morgan fingerprint density at radius 2 is 1.75 bits per heavy atom. The van der Waals surface area contributed by atoms with Crippen LogP contribution in [0.4, 0.5) is 0 Å². The van der Waals surface area contributed by atoms with Crippen molar-refractivity contribution < 1.29 is 23.9 Å². The van der Waals surface area contributed by atoms with Gasteiger partial charge >= 0.3 is 11.9 Å². The number of esters is 2. The summed E-state index contributed by atoms with van der Waals surface area (Å²) < 4.78 is 9.88. The number of carbonyl (C=O) groups excluding carboxylic acids is 3. The highest BCUT2D eigenvalue weighted by atomic mass is 35.5. The smallest absolute Gasteiger partial charge is 0.344 e. The van der Waals surface area contributed by atoms with Crippen molar-refractivity contribution in [2.45, 2.75) is 40.2 Å². The zero-order chi connectivity index (χ0) is 18.7. The van der Waals surface area contributed by atoms with Crippen molar-refractivity contribution in [1.82, 2.24) is 5.32 Å². The van der Waals surface area contributed by atoms with Gasteiger partial charge in [0.1, 0.15) is 16.6 Å². The molecule has 1 saturated carbocycles. The zero-order valence-electron chi connectivity index (χ0n) is 14.4. The van der Waals surface area contributed by atoms with E-state index < -0.39 is 24.1 Å². The molecule has 2 atom stereocenters. The van der Waals surface area contributed by atoms with E-state index in [9.17, 15) is 14.4 Å². The third-order valence-corrected chi connectivity index (χ3v) is 3.93. The van der Waals surface area contributed by atoms with Crippen LogP contribution in [0.2, 0.25) is 0 Å². The molecule has 0 aliphatic heterocycles. The average molecular weight is 380 g/mol. The molecule has 0 spiro atoms. The van der Waals surface area contributed by atoms with Gasteiger partial charge in [-0.15, -0.1) is 0 Å². The lowest BCUT2D eigenvalue weighted by atomic mass is 10.1. The molecule has 0 radical (unpaired) electrons. The fraction of sp³-hybridized carbons (Fsp3) is 0.688. The van der Waals surface area contributed by atoms with E-state index in [1.807, 2.05) is 13.8 Å². The number of halogens is 2. The first-order chi connectivity index (χ1) is 10.8. The Labute approximate surface area is 151 Å². The lowest BCUT2D eigenvalue weighted by Crippen LogP contribution is -2.34. The van der Waals surface area contributed by atoms with Crippen molar-refractivity contribution in [1.29, 1.82) is 0 Å². The predicted octanol–water partition coefficient (Wildman–Crippen LogP) is 2.58. The van der Waals surface area contributed by atoms with Gasteiger partial charge in [0.05, 0.1) is 5.92 Å². The second kappa shape index (κ2) is 7.74. The summed E-state index contributed by atoms with van der Waals surface area (Å²) in [6.07, 6.45) is 1.62. The van der Waals surface area contributed by atoms with Crippen molar-refractivity contribution >= 4 is 41.0 Å². The van der Waals surface area contributed by atoms with Gasteiger partial charge in [-0.2, -0.15) is 0 Å².